The van der Waals surface area contributed by atoms with Crippen molar-refractivity contribution in [1.29, 1.82) is 0 Å². The van der Waals surface area contributed by atoms with Gasteiger partial charge in [-0.15, -0.1) is 0 Å². The molecule has 0 radical (unpaired) electrons. The molecule has 0 unspecified atom stereocenters. The van der Waals surface area contributed by atoms with Crippen LogP contribution in [0.15, 0.2) is 10.7 Å². The normalized spacial score (nSPS) is 10.5. The van der Waals surface area contributed by atoms with E-state index < -0.39 is 0 Å². The predicted molar refractivity (Wildman–Crippen MR) is 65.5 cm³/mol. The lowest BCUT2D eigenvalue weighted by Gasteiger charge is -2.22. The first-order chi connectivity index (χ1) is 7.71. The molecule has 0 fully saturated rings. The summed E-state index contributed by atoms with van der Waals surface area (Å²) in [6.07, 6.45) is 0.749. The van der Waals surface area contributed by atoms with Gasteiger partial charge in [-0.25, -0.2) is 9.97 Å². The maximum absolute atomic E-state index is 8.94. The molecule has 1 rings (SSSR count). The predicted octanol–water partition coefficient (Wildman–Crippen LogP) is 0.593. The summed E-state index contributed by atoms with van der Waals surface area (Å²) in [5, 5.41) is 17.9. The van der Waals surface area contributed by atoms with E-state index in [-0.39, 0.29) is 13.2 Å². The Balaban J connectivity index is 2.93. The molecular formula is C10H16BrN3O2. The van der Waals surface area contributed by atoms with E-state index in [1.54, 1.807) is 6.07 Å². The number of rotatable bonds is 6. The van der Waals surface area contributed by atoms with E-state index >= 15 is 0 Å². The zero-order valence-corrected chi connectivity index (χ0v) is 10.8. The Morgan fingerprint density at radius 2 is 1.88 bits per heavy atom. The van der Waals surface area contributed by atoms with E-state index in [4.69, 9.17) is 10.2 Å². The van der Waals surface area contributed by atoms with Crippen molar-refractivity contribution in [3.63, 3.8) is 0 Å². The molecule has 0 bridgehead atoms. The number of hydrogen-bond donors (Lipinski definition) is 2. The quantitative estimate of drug-likeness (QED) is 0.751. The van der Waals surface area contributed by atoms with Crippen LogP contribution >= 0.6 is 15.9 Å². The van der Waals surface area contributed by atoms with Crippen molar-refractivity contribution in [2.45, 2.75) is 13.3 Å². The van der Waals surface area contributed by atoms with E-state index in [0.717, 1.165) is 22.7 Å². The summed E-state index contributed by atoms with van der Waals surface area (Å²) in [4.78, 5) is 10.4. The van der Waals surface area contributed by atoms with Crippen molar-refractivity contribution in [2.75, 3.05) is 31.2 Å². The van der Waals surface area contributed by atoms with E-state index in [1.165, 1.54) is 0 Å². The van der Waals surface area contributed by atoms with Crippen molar-refractivity contribution in [3.8, 4) is 0 Å². The topological polar surface area (TPSA) is 69.5 Å². The maximum Gasteiger partial charge on any atom is 0.133 e. The summed E-state index contributed by atoms with van der Waals surface area (Å²) in [6, 6.07) is 1.78. The third-order valence-corrected chi connectivity index (χ3v) is 2.51. The van der Waals surface area contributed by atoms with Crippen LogP contribution in [-0.4, -0.2) is 46.5 Å². The van der Waals surface area contributed by atoms with Crippen LogP contribution in [0.3, 0.4) is 0 Å². The zero-order valence-electron chi connectivity index (χ0n) is 9.23. The van der Waals surface area contributed by atoms with Crippen LogP contribution in [0.2, 0.25) is 0 Å². The molecule has 0 aliphatic heterocycles. The summed E-state index contributed by atoms with van der Waals surface area (Å²) in [5.74, 6) is 1.46. The van der Waals surface area contributed by atoms with Crippen LogP contribution in [0.25, 0.3) is 0 Å². The highest BCUT2D eigenvalue weighted by Crippen LogP contribution is 2.16. The minimum atomic E-state index is 0.0308. The van der Waals surface area contributed by atoms with E-state index in [9.17, 15) is 0 Å². The van der Waals surface area contributed by atoms with Crippen molar-refractivity contribution in [2.24, 2.45) is 0 Å². The number of aryl methyl sites for hydroxylation is 1. The molecule has 0 atom stereocenters. The molecule has 90 valence electrons. The average molecular weight is 290 g/mol. The van der Waals surface area contributed by atoms with Crippen molar-refractivity contribution in [1.82, 2.24) is 9.97 Å². The number of aliphatic hydroxyl groups excluding tert-OH is 2. The standard InChI is InChI=1S/C10H16BrN3O2/c1-2-9-12-8(11)7-10(13-9)14(3-5-15)4-6-16/h7,15-16H,2-6H2,1H3. The number of nitrogens with zero attached hydrogens (tertiary/aromatic N) is 3. The first-order valence-electron chi connectivity index (χ1n) is 5.21. The fourth-order valence-electron chi connectivity index (χ4n) is 1.35. The monoisotopic (exact) mass is 289 g/mol. The zero-order chi connectivity index (χ0) is 12.0. The van der Waals surface area contributed by atoms with Crippen LogP contribution < -0.4 is 4.90 Å². The van der Waals surface area contributed by atoms with Gasteiger partial charge in [-0.2, -0.15) is 0 Å². The molecule has 2 N–H and O–H groups in total. The molecule has 0 aromatic carbocycles. The highest BCUT2D eigenvalue weighted by molar-refractivity contribution is 9.10. The van der Waals surface area contributed by atoms with Crippen LogP contribution in [0.1, 0.15) is 12.7 Å². The third-order valence-electron chi connectivity index (χ3n) is 2.11. The molecule has 0 aliphatic rings. The summed E-state index contributed by atoms with van der Waals surface area (Å²) < 4.78 is 0.718. The van der Waals surface area contributed by atoms with Gasteiger partial charge in [0.25, 0.3) is 0 Å². The molecule has 16 heavy (non-hydrogen) atoms. The van der Waals surface area contributed by atoms with Crippen molar-refractivity contribution >= 4 is 21.7 Å². The lowest BCUT2D eigenvalue weighted by Crippen LogP contribution is -2.30. The average Bonchev–Trinajstić information content (AvgIpc) is 2.28. The van der Waals surface area contributed by atoms with Gasteiger partial charge in [0.15, 0.2) is 0 Å². The minimum Gasteiger partial charge on any atom is -0.395 e. The van der Waals surface area contributed by atoms with Crippen LogP contribution in [0.4, 0.5) is 5.82 Å². The van der Waals surface area contributed by atoms with Gasteiger partial charge in [-0.1, -0.05) is 6.92 Å². The van der Waals surface area contributed by atoms with Gasteiger partial charge in [0.05, 0.1) is 13.2 Å². The molecule has 0 spiro atoms. The third kappa shape index (κ3) is 3.70. The second-order valence-corrected chi connectivity index (χ2v) is 4.07. The summed E-state index contributed by atoms with van der Waals surface area (Å²) >= 11 is 3.32. The van der Waals surface area contributed by atoms with Crippen molar-refractivity contribution < 1.29 is 10.2 Å². The highest BCUT2D eigenvalue weighted by atomic mass is 79.9. The number of anilines is 1. The fraction of sp³-hybridized carbons (Fsp3) is 0.600. The Labute approximate surface area is 103 Å². The summed E-state index contributed by atoms with van der Waals surface area (Å²) in [7, 11) is 0. The molecule has 1 aromatic rings. The Morgan fingerprint density at radius 1 is 1.25 bits per heavy atom. The molecule has 1 aromatic heterocycles. The SMILES string of the molecule is CCc1nc(Br)cc(N(CCO)CCO)n1. The Kier molecular flexibility index (Phi) is 5.65. The lowest BCUT2D eigenvalue weighted by molar-refractivity contribution is 0.280. The first-order valence-corrected chi connectivity index (χ1v) is 6.00. The Hall–Kier alpha value is -0.720. The van der Waals surface area contributed by atoms with Crippen molar-refractivity contribution in [3.05, 3.63) is 16.5 Å². The number of hydrogen-bond acceptors (Lipinski definition) is 5. The lowest BCUT2D eigenvalue weighted by atomic mass is 10.4. The van der Waals surface area contributed by atoms with Crippen LogP contribution in [0, 0.1) is 0 Å². The molecule has 6 heteroatoms. The minimum absolute atomic E-state index is 0.0308. The smallest absolute Gasteiger partial charge is 0.133 e. The fourth-order valence-corrected chi connectivity index (χ4v) is 1.76. The van der Waals surface area contributed by atoms with E-state index in [1.807, 2.05) is 11.8 Å². The van der Waals surface area contributed by atoms with E-state index in [0.29, 0.717) is 13.1 Å². The second-order valence-electron chi connectivity index (χ2n) is 3.25. The van der Waals surface area contributed by atoms with Gasteiger partial charge in [-0.05, 0) is 15.9 Å². The second kappa shape index (κ2) is 6.78. The first kappa shape index (κ1) is 13.3. The Morgan fingerprint density at radius 3 is 2.38 bits per heavy atom. The van der Waals surface area contributed by atoms with Crippen LogP contribution in [0.5, 0.6) is 0 Å². The van der Waals surface area contributed by atoms with Gasteiger partial charge in [0.1, 0.15) is 16.2 Å². The van der Waals surface area contributed by atoms with Gasteiger partial charge in [0, 0.05) is 25.6 Å². The molecule has 1 heterocycles. The molecule has 5 nitrogen and oxygen atoms in total. The number of aromatic nitrogens is 2. The summed E-state index contributed by atoms with van der Waals surface area (Å²) in [5.41, 5.74) is 0. The molecule has 0 saturated carbocycles. The van der Waals surface area contributed by atoms with Gasteiger partial charge >= 0.3 is 0 Å². The van der Waals surface area contributed by atoms with Gasteiger partial charge in [0.2, 0.25) is 0 Å². The van der Waals surface area contributed by atoms with Gasteiger partial charge in [-0.3, -0.25) is 0 Å². The molecule has 0 amide bonds. The summed E-state index contributed by atoms with van der Waals surface area (Å²) in [6.45, 7) is 2.94. The number of aliphatic hydroxyl groups is 2. The number of halogens is 1. The Bertz CT molecular complexity index is 330. The van der Waals surface area contributed by atoms with Crippen LogP contribution in [-0.2, 0) is 6.42 Å². The van der Waals surface area contributed by atoms with E-state index in [2.05, 4.69) is 25.9 Å². The largest absolute Gasteiger partial charge is 0.395 e. The molecule has 0 saturated heterocycles. The highest BCUT2D eigenvalue weighted by Gasteiger charge is 2.09. The van der Waals surface area contributed by atoms with Gasteiger partial charge < -0.3 is 15.1 Å². The maximum atomic E-state index is 8.94. The molecular weight excluding hydrogens is 274 g/mol. The molecule has 0 aliphatic carbocycles.